The zero-order valence-electron chi connectivity index (χ0n) is 10.2. The van der Waals surface area contributed by atoms with Gasteiger partial charge in [-0.05, 0) is 0 Å². The smallest absolute Gasteiger partial charge is 0.218 e. The molecule has 0 N–H and O–H groups in total. The van der Waals surface area contributed by atoms with Crippen LogP contribution in [0.15, 0.2) is 0 Å². The molecule has 14 heteroatoms. The molecule has 1 saturated heterocycles. The summed E-state index contributed by atoms with van der Waals surface area (Å²) in [6, 6.07) is 0. The standard InChI is InChI=1S/C7H12O12S2/c1-14-4-3(17-21(11,12)13)2-15-6(7(8)9)5(4)16-20-19-18-10/h3-6,10H,2H2,1H3,(H,8,9)(H,11,12,13)/p-3/t3?,4-,5-,6?/m1/s1. The molecule has 0 aliphatic carbocycles. The fraction of sp³-hybridized carbons (Fsp3) is 0.857. The summed E-state index contributed by atoms with van der Waals surface area (Å²) in [5.41, 5.74) is 0. The van der Waals surface area contributed by atoms with E-state index in [-0.39, 0.29) is 12.3 Å². The monoisotopic (exact) mass is 349 g/mol. The van der Waals surface area contributed by atoms with Crippen molar-refractivity contribution >= 4 is 28.7 Å². The molecule has 21 heavy (non-hydrogen) atoms. The Morgan fingerprint density at radius 2 is 2.05 bits per heavy atom. The van der Waals surface area contributed by atoms with Crippen LogP contribution in [0, 0.1) is 0 Å². The summed E-state index contributed by atoms with van der Waals surface area (Å²) in [5, 5.41) is 23.5. The lowest BCUT2D eigenvalue weighted by Crippen LogP contribution is -2.60. The fourth-order valence-electron chi connectivity index (χ4n) is 1.67. The zero-order chi connectivity index (χ0) is 16.0. The zero-order valence-corrected chi connectivity index (χ0v) is 11.9. The summed E-state index contributed by atoms with van der Waals surface area (Å²) >= 11 is -0.0489. The minimum absolute atomic E-state index is 0.0489. The number of carbonyl (C=O) groups is 1. The Morgan fingerprint density at radius 1 is 1.38 bits per heavy atom. The van der Waals surface area contributed by atoms with E-state index in [9.17, 15) is 28.1 Å². The molecule has 0 aromatic rings. The van der Waals surface area contributed by atoms with Gasteiger partial charge in [0.25, 0.3) is 0 Å². The third kappa shape index (κ3) is 5.62. The first-order chi connectivity index (χ1) is 9.80. The van der Waals surface area contributed by atoms with Crippen LogP contribution < -0.4 is 10.4 Å². The predicted octanol–water partition coefficient (Wildman–Crippen LogP) is -3.83. The Kier molecular flexibility index (Phi) is 7.21. The minimum Gasteiger partial charge on any atom is -0.726 e. The maximum absolute atomic E-state index is 10.9. The highest BCUT2D eigenvalue weighted by Gasteiger charge is 2.44. The number of hydrogen-bond acceptors (Lipinski definition) is 13. The first-order valence-electron chi connectivity index (χ1n) is 5.08. The summed E-state index contributed by atoms with van der Waals surface area (Å²) in [4.78, 5) is 10.9. The van der Waals surface area contributed by atoms with Gasteiger partial charge in [-0.15, -0.1) is 4.33 Å². The van der Waals surface area contributed by atoms with Crippen molar-refractivity contribution in [1.82, 2.24) is 0 Å². The Labute approximate surface area is 123 Å². The Balaban J connectivity index is 2.87. The number of carboxylic acids is 1. The number of rotatable bonds is 8. The molecular weight excluding hydrogens is 340 g/mol. The minimum atomic E-state index is -5.09. The molecule has 0 spiro atoms. The van der Waals surface area contributed by atoms with E-state index in [1.165, 1.54) is 0 Å². The Hall–Kier alpha value is -0.550. The molecule has 4 atom stereocenters. The van der Waals surface area contributed by atoms with Gasteiger partial charge >= 0.3 is 0 Å². The molecule has 0 radical (unpaired) electrons. The lowest BCUT2D eigenvalue weighted by atomic mass is 10.00. The highest BCUT2D eigenvalue weighted by atomic mass is 32.3. The van der Waals surface area contributed by atoms with Crippen molar-refractivity contribution in [2.45, 2.75) is 24.4 Å². The largest absolute Gasteiger partial charge is 0.726 e. The number of methoxy groups -OCH3 is 1. The van der Waals surface area contributed by atoms with Gasteiger partial charge in [0, 0.05) is 7.11 Å². The summed E-state index contributed by atoms with van der Waals surface area (Å²) in [5.74, 6) is -1.70. The number of hydrogen-bond donors (Lipinski definition) is 0. The van der Waals surface area contributed by atoms with Gasteiger partial charge in [0.2, 0.25) is 10.4 Å². The van der Waals surface area contributed by atoms with Crippen molar-refractivity contribution < 1.29 is 55.3 Å². The third-order valence-electron chi connectivity index (χ3n) is 2.38. The Morgan fingerprint density at radius 3 is 2.52 bits per heavy atom. The van der Waals surface area contributed by atoms with E-state index in [1.807, 2.05) is 0 Å². The molecule has 0 amide bonds. The van der Waals surface area contributed by atoms with Gasteiger partial charge in [-0.25, -0.2) is 8.42 Å². The van der Waals surface area contributed by atoms with Gasteiger partial charge in [0.1, 0.15) is 24.4 Å². The van der Waals surface area contributed by atoms with Crippen molar-refractivity contribution in [2.24, 2.45) is 0 Å². The van der Waals surface area contributed by atoms with E-state index in [0.717, 1.165) is 7.11 Å². The maximum atomic E-state index is 10.9. The van der Waals surface area contributed by atoms with Gasteiger partial charge in [-0.1, -0.05) is 0 Å². The molecule has 124 valence electrons. The molecule has 12 nitrogen and oxygen atoms in total. The van der Waals surface area contributed by atoms with Crippen LogP contribution in [0.3, 0.4) is 0 Å². The van der Waals surface area contributed by atoms with Crippen molar-refractivity contribution in [2.75, 3.05) is 13.7 Å². The highest BCUT2D eigenvalue weighted by Crippen LogP contribution is 2.27. The van der Waals surface area contributed by atoms with Crippen LogP contribution >= 0.6 is 12.3 Å². The normalized spacial score (nSPS) is 30.2. The Bertz CT molecular complexity index is 437. The molecule has 0 saturated carbocycles. The molecule has 0 bridgehead atoms. The second-order valence-electron chi connectivity index (χ2n) is 3.58. The van der Waals surface area contributed by atoms with Gasteiger partial charge in [0.05, 0.1) is 12.6 Å². The molecule has 0 aromatic carbocycles. The predicted molar refractivity (Wildman–Crippen MR) is 54.7 cm³/mol. The van der Waals surface area contributed by atoms with Crippen LogP contribution in [0.25, 0.3) is 0 Å². The van der Waals surface area contributed by atoms with Crippen LogP contribution in [-0.4, -0.2) is 57.1 Å². The number of ether oxygens (including phenoxy) is 2. The molecule has 1 fully saturated rings. The summed E-state index contributed by atoms with van der Waals surface area (Å²) in [7, 11) is -4.01. The number of carbonyl (C=O) groups excluding carboxylic acids is 1. The van der Waals surface area contributed by atoms with Crippen molar-refractivity contribution in [3.05, 3.63) is 0 Å². The average Bonchev–Trinajstić information content (AvgIpc) is 2.37. The number of carboxylic acid groups (broad SMARTS) is 1. The fourth-order valence-corrected chi connectivity index (χ4v) is 2.50. The van der Waals surface area contributed by atoms with E-state index >= 15 is 0 Å². The molecule has 1 aliphatic heterocycles. The van der Waals surface area contributed by atoms with E-state index < -0.39 is 47.4 Å². The van der Waals surface area contributed by atoms with Crippen LogP contribution in [0.1, 0.15) is 0 Å². The SMILES string of the molecule is CO[C@@H]1C(OS(=O)(=O)[O-])COC(C(=O)[O-])[C@@H]1OSOO[O-]. The van der Waals surface area contributed by atoms with Gasteiger partial charge in [-0.3, -0.25) is 13.4 Å². The van der Waals surface area contributed by atoms with Gasteiger partial charge < -0.3 is 29.2 Å². The van der Waals surface area contributed by atoms with E-state index in [4.69, 9.17) is 13.7 Å². The lowest BCUT2D eigenvalue weighted by molar-refractivity contribution is -0.777. The third-order valence-corrected chi connectivity index (χ3v) is 3.28. The van der Waals surface area contributed by atoms with Gasteiger partial charge in [0.15, 0.2) is 12.3 Å². The van der Waals surface area contributed by atoms with Gasteiger partial charge in [-0.2, -0.15) is 0 Å². The molecule has 0 aromatic heterocycles. The first kappa shape index (κ1) is 18.5. The molecular formula is C7H9O12S2-3. The maximum Gasteiger partial charge on any atom is 0.218 e. The van der Waals surface area contributed by atoms with Crippen molar-refractivity contribution in [3.8, 4) is 0 Å². The van der Waals surface area contributed by atoms with Crippen LogP contribution in [-0.2, 0) is 42.4 Å². The topological polar surface area (TPSA) is 176 Å². The first-order valence-corrected chi connectivity index (χ1v) is 7.08. The van der Waals surface area contributed by atoms with Crippen LogP contribution in [0.4, 0.5) is 0 Å². The molecule has 1 aliphatic rings. The van der Waals surface area contributed by atoms with Crippen molar-refractivity contribution in [3.63, 3.8) is 0 Å². The lowest BCUT2D eigenvalue weighted by Gasteiger charge is -2.40. The quantitative estimate of drug-likeness (QED) is 0.104. The summed E-state index contributed by atoms with van der Waals surface area (Å²) in [6.45, 7) is -0.581. The molecule has 1 rings (SSSR count). The van der Waals surface area contributed by atoms with Crippen molar-refractivity contribution in [1.29, 1.82) is 0 Å². The van der Waals surface area contributed by atoms with Crippen LogP contribution in [0.2, 0.25) is 0 Å². The van der Waals surface area contributed by atoms with E-state index in [1.54, 1.807) is 0 Å². The summed E-state index contributed by atoms with van der Waals surface area (Å²) in [6.07, 6.45) is -6.01. The van der Waals surface area contributed by atoms with E-state index in [0.29, 0.717) is 0 Å². The van der Waals surface area contributed by atoms with E-state index in [2.05, 4.69) is 13.6 Å². The van der Waals surface area contributed by atoms with Crippen LogP contribution in [0.5, 0.6) is 0 Å². The second-order valence-corrected chi connectivity index (χ2v) is 5.05. The second kappa shape index (κ2) is 8.18. The highest BCUT2D eigenvalue weighted by molar-refractivity contribution is 7.89. The summed E-state index contributed by atoms with van der Waals surface area (Å²) < 4.78 is 54.2. The average molecular weight is 349 g/mol. The molecule has 2 unspecified atom stereocenters. The number of aliphatic carboxylic acids is 1. The molecule has 1 heterocycles.